The number of aliphatic hydroxyl groups is 1. The van der Waals surface area contributed by atoms with Gasteiger partial charge in [0.25, 0.3) is 0 Å². The van der Waals surface area contributed by atoms with Crippen LogP contribution in [0.1, 0.15) is 12.1 Å². The first-order chi connectivity index (χ1) is 9.65. The molecule has 2 rings (SSSR count). The molecular formula is C11H16FN3O3S2. The van der Waals surface area contributed by atoms with E-state index < -0.39 is 16.7 Å². The normalized spacial score (nSPS) is 16.6. The van der Waals surface area contributed by atoms with Crippen LogP contribution in [0.5, 0.6) is 0 Å². The number of halogens is 1. The van der Waals surface area contributed by atoms with Crippen LogP contribution in [0, 0.1) is 0 Å². The third-order valence-corrected chi connectivity index (χ3v) is 4.75. The fourth-order valence-electron chi connectivity index (χ4n) is 1.99. The molecule has 2 heterocycles. The molecule has 1 aromatic rings. The third-order valence-electron chi connectivity index (χ3n) is 3.05. The third kappa shape index (κ3) is 3.66. The van der Waals surface area contributed by atoms with Crippen molar-refractivity contribution in [1.82, 2.24) is 8.96 Å². The van der Waals surface area contributed by atoms with Gasteiger partial charge in [-0.05, 0) is 12.8 Å². The first-order valence-electron chi connectivity index (χ1n) is 6.28. The summed E-state index contributed by atoms with van der Waals surface area (Å²) >= 11 is -1.01. The maximum Gasteiger partial charge on any atom is 0.305 e. The van der Waals surface area contributed by atoms with Crippen molar-refractivity contribution in [2.24, 2.45) is 0 Å². The highest BCUT2D eigenvalue weighted by Gasteiger charge is 2.24. The summed E-state index contributed by atoms with van der Waals surface area (Å²) in [5.41, 5.74) is 0.0587. The van der Waals surface area contributed by atoms with Gasteiger partial charge < -0.3 is 14.6 Å². The van der Waals surface area contributed by atoms with Crippen LogP contribution in [0.3, 0.4) is 0 Å². The van der Waals surface area contributed by atoms with Crippen LogP contribution < -0.4 is 10.5 Å². The number of aryl methyl sites for hydroxylation is 1. The molecule has 0 aromatic carbocycles. The zero-order chi connectivity index (χ0) is 14.5. The molecule has 0 bridgehead atoms. The topological polar surface area (TPSA) is 81.4 Å². The number of rotatable bonds is 5. The number of aromatic nitrogens is 2. The van der Waals surface area contributed by atoms with Crippen LogP contribution in [0.2, 0.25) is 0 Å². The summed E-state index contributed by atoms with van der Waals surface area (Å²) < 4.78 is 25.1. The fourth-order valence-corrected chi connectivity index (χ4v) is 3.35. The van der Waals surface area contributed by atoms with E-state index in [-0.39, 0.29) is 24.8 Å². The van der Waals surface area contributed by atoms with Gasteiger partial charge in [-0.2, -0.15) is 0 Å². The minimum Gasteiger partial charge on any atom is -0.616 e. The first kappa shape index (κ1) is 15.6. The van der Waals surface area contributed by atoms with Crippen LogP contribution in [0.4, 0.5) is 9.70 Å². The second-order valence-electron chi connectivity index (χ2n) is 4.42. The molecule has 20 heavy (non-hydrogen) atoms. The Kier molecular flexibility index (Phi) is 5.70. The standard InChI is InChI=1S/C11H16FN3O3S2/c12-19-15-8-9(2-1-5-16)13-10(11(15)17)14-3-6-20(18)7-4-14/h8,16H,1-7H2. The van der Waals surface area contributed by atoms with E-state index in [0.29, 0.717) is 43.1 Å². The molecule has 0 unspecified atom stereocenters. The maximum absolute atomic E-state index is 12.8. The lowest BCUT2D eigenvalue weighted by Gasteiger charge is -2.28. The zero-order valence-electron chi connectivity index (χ0n) is 10.8. The molecule has 0 saturated carbocycles. The Balaban J connectivity index is 2.27. The number of hydrogen-bond donors (Lipinski definition) is 1. The number of nitrogens with zero attached hydrogens (tertiary/aromatic N) is 3. The summed E-state index contributed by atoms with van der Waals surface area (Å²) in [6, 6.07) is 0. The molecule has 1 fully saturated rings. The Morgan fingerprint density at radius 1 is 1.50 bits per heavy atom. The van der Waals surface area contributed by atoms with Crippen LogP contribution >= 0.6 is 12.3 Å². The summed E-state index contributed by atoms with van der Waals surface area (Å²) in [7, 11) is 0. The maximum atomic E-state index is 12.8. The average Bonchev–Trinajstić information content (AvgIpc) is 2.47. The van der Waals surface area contributed by atoms with Crippen molar-refractivity contribution in [2.45, 2.75) is 12.8 Å². The smallest absolute Gasteiger partial charge is 0.305 e. The van der Waals surface area contributed by atoms with Gasteiger partial charge in [-0.1, -0.05) is 11.2 Å². The van der Waals surface area contributed by atoms with Gasteiger partial charge in [-0.25, -0.2) is 8.96 Å². The average molecular weight is 321 g/mol. The molecular weight excluding hydrogens is 305 g/mol. The van der Waals surface area contributed by atoms with Crippen molar-refractivity contribution in [2.75, 3.05) is 36.1 Å². The molecule has 6 nitrogen and oxygen atoms in total. The monoisotopic (exact) mass is 321 g/mol. The summed E-state index contributed by atoms with van der Waals surface area (Å²) in [6.45, 7) is 0.978. The quantitative estimate of drug-likeness (QED) is 0.776. The summed E-state index contributed by atoms with van der Waals surface area (Å²) in [5, 5.41) is 8.84. The van der Waals surface area contributed by atoms with Crippen LogP contribution in [0.15, 0.2) is 11.0 Å². The predicted molar refractivity (Wildman–Crippen MR) is 78.1 cm³/mol. The summed E-state index contributed by atoms with van der Waals surface area (Å²) in [4.78, 5) is 18.1. The zero-order valence-corrected chi connectivity index (χ0v) is 12.5. The molecule has 1 aliphatic rings. The van der Waals surface area contributed by atoms with Gasteiger partial charge in [0.2, 0.25) is 0 Å². The van der Waals surface area contributed by atoms with Crippen LogP contribution in [0.25, 0.3) is 0 Å². The summed E-state index contributed by atoms with van der Waals surface area (Å²) in [6.07, 6.45) is 2.34. The van der Waals surface area contributed by atoms with Gasteiger partial charge in [0.1, 0.15) is 11.5 Å². The molecule has 0 amide bonds. The van der Waals surface area contributed by atoms with Crippen molar-refractivity contribution < 1.29 is 13.5 Å². The van der Waals surface area contributed by atoms with Crippen molar-refractivity contribution >= 4 is 29.3 Å². The second-order valence-corrected chi connectivity index (χ2v) is 6.65. The van der Waals surface area contributed by atoms with Crippen molar-refractivity contribution in [1.29, 1.82) is 0 Å². The Bertz CT molecular complexity index is 506. The van der Waals surface area contributed by atoms with E-state index in [0.717, 1.165) is 3.97 Å². The molecule has 1 N–H and O–H groups in total. The van der Waals surface area contributed by atoms with Gasteiger partial charge in [-0.15, -0.1) is 3.89 Å². The minimum atomic E-state index is -0.849. The van der Waals surface area contributed by atoms with E-state index in [2.05, 4.69) is 4.98 Å². The highest BCUT2D eigenvalue weighted by molar-refractivity contribution is 7.92. The van der Waals surface area contributed by atoms with Crippen molar-refractivity contribution in [3.05, 3.63) is 22.2 Å². The second kappa shape index (κ2) is 7.30. The number of aliphatic hydroxyl groups excluding tert-OH is 1. The molecule has 112 valence electrons. The molecule has 0 radical (unpaired) electrons. The lowest BCUT2D eigenvalue weighted by Crippen LogP contribution is -2.43. The van der Waals surface area contributed by atoms with Crippen molar-refractivity contribution in [3.8, 4) is 0 Å². The highest BCUT2D eigenvalue weighted by atomic mass is 32.2. The molecule has 9 heteroatoms. The highest BCUT2D eigenvalue weighted by Crippen LogP contribution is 2.14. The molecule has 0 aliphatic carbocycles. The Hall–Kier alpha value is -0.770. The lowest BCUT2D eigenvalue weighted by atomic mass is 10.2. The van der Waals surface area contributed by atoms with Crippen LogP contribution in [-0.2, 0) is 17.6 Å². The van der Waals surface area contributed by atoms with E-state index in [4.69, 9.17) is 5.11 Å². The Morgan fingerprint density at radius 2 is 2.20 bits per heavy atom. The largest absolute Gasteiger partial charge is 0.616 e. The SMILES string of the molecule is O=c1c(N2CC[S+]([O-])CC2)nc(CCCO)cn1SF. The summed E-state index contributed by atoms with van der Waals surface area (Å²) in [5.74, 6) is 1.18. The lowest BCUT2D eigenvalue weighted by molar-refractivity contribution is 0.288. The van der Waals surface area contributed by atoms with Gasteiger partial charge in [-0.3, -0.25) is 4.79 Å². The molecule has 1 saturated heterocycles. The van der Waals surface area contributed by atoms with E-state index in [1.165, 1.54) is 6.20 Å². The van der Waals surface area contributed by atoms with E-state index in [9.17, 15) is 13.2 Å². The minimum absolute atomic E-state index is 0.0155. The molecule has 0 atom stereocenters. The van der Waals surface area contributed by atoms with Crippen molar-refractivity contribution in [3.63, 3.8) is 0 Å². The molecule has 0 spiro atoms. The molecule has 1 aliphatic heterocycles. The number of anilines is 1. The number of hydrogen-bond acceptors (Lipinski definition) is 6. The van der Waals surface area contributed by atoms with E-state index in [1.807, 2.05) is 0 Å². The van der Waals surface area contributed by atoms with E-state index >= 15 is 0 Å². The Labute approximate surface area is 123 Å². The van der Waals surface area contributed by atoms with Gasteiger partial charge in [0.05, 0.1) is 18.8 Å². The fraction of sp³-hybridized carbons (Fsp3) is 0.636. The van der Waals surface area contributed by atoms with Gasteiger partial charge in [0.15, 0.2) is 18.2 Å². The van der Waals surface area contributed by atoms with Gasteiger partial charge >= 0.3 is 5.56 Å². The molecule has 1 aromatic heterocycles. The van der Waals surface area contributed by atoms with Crippen LogP contribution in [-0.4, -0.2) is 49.8 Å². The Morgan fingerprint density at radius 3 is 2.80 bits per heavy atom. The van der Waals surface area contributed by atoms with E-state index in [1.54, 1.807) is 4.90 Å². The van der Waals surface area contributed by atoms with Gasteiger partial charge in [0, 0.05) is 12.8 Å². The predicted octanol–water partition coefficient (Wildman–Crippen LogP) is 0.118. The first-order valence-corrected chi connectivity index (χ1v) is 8.44.